The number of H-pyrrole nitrogens is 1. The molecule has 1 aliphatic rings. The molecule has 4 rings (SSSR count). The minimum Gasteiger partial charge on any atom is -0.439 e. The predicted molar refractivity (Wildman–Crippen MR) is 100 cm³/mol. The van der Waals surface area contributed by atoms with E-state index in [0.29, 0.717) is 17.3 Å². The van der Waals surface area contributed by atoms with Gasteiger partial charge in [0.15, 0.2) is 0 Å². The van der Waals surface area contributed by atoms with Crippen molar-refractivity contribution in [2.24, 2.45) is 11.1 Å². The second-order valence-electron chi connectivity index (χ2n) is 7.55. The Morgan fingerprint density at radius 2 is 1.88 bits per heavy atom. The van der Waals surface area contributed by atoms with Gasteiger partial charge in [0.2, 0.25) is 11.7 Å². The number of nitrogens with two attached hydrogens (primary N) is 1. The molecule has 0 radical (unpaired) electrons. The van der Waals surface area contributed by atoms with E-state index < -0.39 is 0 Å². The Morgan fingerprint density at radius 1 is 1.15 bits per heavy atom. The van der Waals surface area contributed by atoms with Crippen LogP contribution in [0.3, 0.4) is 0 Å². The van der Waals surface area contributed by atoms with E-state index in [-0.39, 0.29) is 17.2 Å². The molecule has 0 fully saturated rings. The number of hydrogen-bond donors (Lipinski definition) is 2. The topological polar surface area (TPSA) is 87.7 Å². The molecular formula is C21H20N4O. The molecule has 130 valence electrons. The van der Waals surface area contributed by atoms with Gasteiger partial charge in [-0.2, -0.15) is 10.2 Å². The van der Waals surface area contributed by atoms with Crippen molar-refractivity contribution in [3.63, 3.8) is 0 Å². The lowest BCUT2D eigenvalue weighted by Crippen LogP contribution is -2.28. The lowest BCUT2D eigenvalue weighted by molar-refractivity contribution is 0.266. The van der Waals surface area contributed by atoms with Gasteiger partial charge in [-0.05, 0) is 16.3 Å². The molecule has 1 aliphatic heterocycles. The van der Waals surface area contributed by atoms with Crippen molar-refractivity contribution in [2.75, 3.05) is 0 Å². The number of allylic oxidation sites excluding steroid dienone is 2. The first-order valence-corrected chi connectivity index (χ1v) is 8.56. The second kappa shape index (κ2) is 5.63. The zero-order chi connectivity index (χ0) is 18.5. The molecule has 26 heavy (non-hydrogen) atoms. The third kappa shape index (κ3) is 2.42. The maximum atomic E-state index is 9.26. The smallest absolute Gasteiger partial charge is 0.242 e. The monoisotopic (exact) mass is 344 g/mol. The molecule has 0 amide bonds. The van der Waals surface area contributed by atoms with E-state index >= 15 is 0 Å². The Labute approximate surface area is 152 Å². The standard InChI is InChI=1S/C21H20N4O/c1-21(2,3)19-17(23)16(18-20(26-19)25-15(11-22)24-18)14-10-6-8-12-7-4-5-9-13(12)14/h4-10,16H,23H2,1-3H3,(H,24,25). The maximum Gasteiger partial charge on any atom is 0.242 e. The molecule has 1 atom stereocenters. The summed E-state index contributed by atoms with van der Waals surface area (Å²) >= 11 is 0. The van der Waals surface area contributed by atoms with Crippen LogP contribution in [0, 0.1) is 16.7 Å². The fourth-order valence-corrected chi connectivity index (χ4v) is 3.55. The summed E-state index contributed by atoms with van der Waals surface area (Å²) in [7, 11) is 0. The van der Waals surface area contributed by atoms with Gasteiger partial charge in [-0.3, -0.25) is 0 Å². The number of rotatable bonds is 1. The van der Waals surface area contributed by atoms with Gasteiger partial charge in [-0.25, -0.2) is 0 Å². The van der Waals surface area contributed by atoms with Crippen LogP contribution >= 0.6 is 0 Å². The minimum absolute atomic E-state index is 0.225. The van der Waals surface area contributed by atoms with Gasteiger partial charge in [0.05, 0.1) is 17.3 Å². The Hall–Kier alpha value is -3.26. The number of ether oxygens (including phenoxy) is 1. The van der Waals surface area contributed by atoms with E-state index in [0.717, 1.165) is 22.0 Å². The highest BCUT2D eigenvalue weighted by atomic mass is 16.5. The minimum atomic E-state index is -0.281. The summed E-state index contributed by atoms with van der Waals surface area (Å²) in [5, 5.41) is 11.5. The van der Waals surface area contributed by atoms with Crippen LogP contribution in [-0.2, 0) is 0 Å². The third-order valence-corrected chi connectivity index (χ3v) is 4.68. The number of nitriles is 1. The number of benzene rings is 2. The number of nitrogens with zero attached hydrogens (tertiary/aromatic N) is 2. The van der Waals surface area contributed by atoms with Crippen molar-refractivity contribution in [3.8, 4) is 11.9 Å². The number of aromatic amines is 1. The zero-order valence-corrected chi connectivity index (χ0v) is 15.0. The van der Waals surface area contributed by atoms with Crippen LogP contribution in [0.2, 0.25) is 0 Å². The normalized spacial score (nSPS) is 16.9. The molecule has 0 spiro atoms. The van der Waals surface area contributed by atoms with Crippen molar-refractivity contribution in [1.82, 2.24) is 9.97 Å². The Kier molecular flexibility index (Phi) is 3.52. The molecule has 5 nitrogen and oxygen atoms in total. The third-order valence-electron chi connectivity index (χ3n) is 4.68. The van der Waals surface area contributed by atoms with E-state index in [1.807, 2.05) is 18.2 Å². The van der Waals surface area contributed by atoms with Gasteiger partial charge in [0, 0.05) is 5.41 Å². The van der Waals surface area contributed by atoms with Crippen LogP contribution in [0.5, 0.6) is 5.88 Å². The average Bonchev–Trinajstić information content (AvgIpc) is 3.03. The summed E-state index contributed by atoms with van der Waals surface area (Å²) in [5.74, 6) is 1.11. The SMILES string of the molecule is CC(C)(C)C1=C(N)C(c2cccc3ccccc23)c2[nH]c(C#N)nc2O1. The van der Waals surface area contributed by atoms with Gasteiger partial charge in [0.1, 0.15) is 11.8 Å². The molecule has 1 unspecified atom stereocenters. The van der Waals surface area contributed by atoms with Gasteiger partial charge in [0.25, 0.3) is 0 Å². The fourth-order valence-electron chi connectivity index (χ4n) is 3.55. The van der Waals surface area contributed by atoms with Crippen molar-refractivity contribution in [3.05, 3.63) is 71.0 Å². The second-order valence-corrected chi connectivity index (χ2v) is 7.55. The molecule has 0 bridgehead atoms. The van der Waals surface area contributed by atoms with Crippen molar-refractivity contribution >= 4 is 10.8 Å². The van der Waals surface area contributed by atoms with Crippen LogP contribution in [0.15, 0.2) is 53.9 Å². The number of imidazole rings is 1. The first-order chi connectivity index (χ1) is 12.4. The summed E-state index contributed by atoms with van der Waals surface area (Å²) in [6.45, 7) is 6.16. The summed E-state index contributed by atoms with van der Waals surface area (Å²) in [6, 6.07) is 16.4. The number of fused-ring (bicyclic) bond motifs is 2. The fraction of sp³-hybridized carbons (Fsp3) is 0.238. The molecule has 2 aromatic carbocycles. The molecule has 3 N–H and O–H groups in total. The Morgan fingerprint density at radius 3 is 2.62 bits per heavy atom. The molecule has 2 heterocycles. The number of hydrogen-bond acceptors (Lipinski definition) is 4. The van der Waals surface area contributed by atoms with E-state index in [9.17, 15) is 5.26 Å². The van der Waals surface area contributed by atoms with Crippen molar-refractivity contribution < 1.29 is 4.74 Å². The highest BCUT2D eigenvalue weighted by molar-refractivity contribution is 5.87. The molecular weight excluding hydrogens is 324 g/mol. The van der Waals surface area contributed by atoms with Crippen molar-refractivity contribution in [2.45, 2.75) is 26.7 Å². The Bertz CT molecular complexity index is 1070. The van der Waals surface area contributed by atoms with E-state index in [1.165, 1.54) is 0 Å². The zero-order valence-electron chi connectivity index (χ0n) is 15.0. The summed E-state index contributed by atoms with van der Waals surface area (Å²) in [6.07, 6.45) is 0. The van der Waals surface area contributed by atoms with E-state index in [1.54, 1.807) is 0 Å². The van der Waals surface area contributed by atoms with Gasteiger partial charge in [-0.15, -0.1) is 0 Å². The molecule has 5 heteroatoms. The summed E-state index contributed by atoms with van der Waals surface area (Å²) in [5.41, 5.74) is 8.78. The van der Waals surface area contributed by atoms with Crippen molar-refractivity contribution in [1.29, 1.82) is 5.26 Å². The highest BCUT2D eigenvalue weighted by Crippen LogP contribution is 2.45. The lowest BCUT2D eigenvalue weighted by atomic mass is 9.82. The molecule has 1 aromatic heterocycles. The first-order valence-electron chi connectivity index (χ1n) is 8.56. The molecule has 0 aliphatic carbocycles. The number of aromatic nitrogens is 2. The van der Waals surface area contributed by atoms with E-state index in [4.69, 9.17) is 10.5 Å². The number of nitrogens with one attached hydrogen (secondary N) is 1. The first kappa shape index (κ1) is 16.2. The predicted octanol–water partition coefficient (Wildman–Crippen LogP) is 4.18. The van der Waals surface area contributed by atoms with Gasteiger partial charge >= 0.3 is 0 Å². The van der Waals surface area contributed by atoms with Crippen LogP contribution in [0.1, 0.15) is 43.8 Å². The molecule has 3 aromatic rings. The van der Waals surface area contributed by atoms with Gasteiger partial charge in [-0.1, -0.05) is 63.2 Å². The van der Waals surface area contributed by atoms with Crippen LogP contribution in [0.25, 0.3) is 10.8 Å². The molecule has 0 saturated carbocycles. The molecule has 0 saturated heterocycles. The summed E-state index contributed by atoms with van der Waals surface area (Å²) < 4.78 is 6.02. The van der Waals surface area contributed by atoms with Crippen LogP contribution in [0.4, 0.5) is 0 Å². The van der Waals surface area contributed by atoms with Crippen LogP contribution < -0.4 is 10.5 Å². The van der Waals surface area contributed by atoms with E-state index in [2.05, 4.69) is 61.1 Å². The highest BCUT2D eigenvalue weighted by Gasteiger charge is 2.37. The Balaban J connectivity index is 2.02. The van der Waals surface area contributed by atoms with Crippen LogP contribution in [-0.4, -0.2) is 9.97 Å². The maximum absolute atomic E-state index is 9.26. The average molecular weight is 344 g/mol. The lowest BCUT2D eigenvalue weighted by Gasteiger charge is -2.32. The van der Waals surface area contributed by atoms with Gasteiger partial charge < -0.3 is 15.5 Å². The summed E-state index contributed by atoms with van der Waals surface area (Å²) in [4.78, 5) is 7.38. The quantitative estimate of drug-likeness (QED) is 0.693. The largest absolute Gasteiger partial charge is 0.439 e.